The van der Waals surface area contributed by atoms with Crippen LogP contribution in [0.2, 0.25) is 0 Å². The summed E-state index contributed by atoms with van der Waals surface area (Å²) in [6, 6.07) is 12.0. The van der Waals surface area contributed by atoms with Crippen molar-refractivity contribution in [1.29, 1.82) is 0 Å². The fraction of sp³-hybridized carbons (Fsp3) is 0.148. The Morgan fingerprint density at radius 2 is 1.94 bits per heavy atom. The summed E-state index contributed by atoms with van der Waals surface area (Å²) in [5.74, 6) is 1.17. The van der Waals surface area contributed by atoms with E-state index in [1.54, 1.807) is 23.7 Å². The van der Waals surface area contributed by atoms with Gasteiger partial charge in [-0.25, -0.2) is 9.97 Å². The number of H-pyrrole nitrogens is 2. The van der Waals surface area contributed by atoms with Crippen molar-refractivity contribution in [3.63, 3.8) is 0 Å². The molecule has 36 heavy (non-hydrogen) atoms. The third-order valence-electron chi connectivity index (χ3n) is 5.80. The van der Waals surface area contributed by atoms with Crippen molar-refractivity contribution in [3.8, 4) is 33.3 Å². The molecule has 0 saturated heterocycles. The molecule has 0 bridgehead atoms. The van der Waals surface area contributed by atoms with E-state index >= 15 is 0 Å². The number of rotatable bonds is 7. The molecule has 0 unspecified atom stereocenters. The lowest BCUT2D eigenvalue weighted by molar-refractivity contribution is 0.645. The number of aromatic amines is 2. The predicted octanol–water partition coefficient (Wildman–Crippen LogP) is 6.66. The van der Waals surface area contributed by atoms with Crippen LogP contribution in [-0.2, 0) is 0 Å². The number of nitrogens with zero attached hydrogens (tertiary/aromatic N) is 5. The Morgan fingerprint density at radius 1 is 1.06 bits per heavy atom. The van der Waals surface area contributed by atoms with Gasteiger partial charge in [0.05, 0.1) is 33.5 Å². The van der Waals surface area contributed by atoms with Crippen LogP contribution in [0.25, 0.3) is 55.4 Å². The minimum Gasteiger partial charge on any atom is -0.358 e. The number of fused-ring (bicyclic) bond motifs is 2. The monoisotopic (exact) mass is 492 g/mol. The summed E-state index contributed by atoms with van der Waals surface area (Å²) >= 11 is 1.64. The quantitative estimate of drug-likeness (QED) is 0.230. The summed E-state index contributed by atoms with van der Waals surface area (Å²) in [4.78, 5) is 23.3. The molecule has 0 fully saturated rings. The molecule has 0 radical (unpaired) electrons. The van der Waals surface area contributed by atoms with Crippen LogP contribution in [0.15, 0.2) is 72.6 Å². The summed E-state index contributed by atoms with van der Waals surface area (Å²) in [5, 5.41) is 13.0. The SMILES string of the molecule is C=C(CC(C)C)Nc1cncc(-c2ccc3[nH]nc(-c4nc5c(-c6cccs6)nccc5[nH]4)c3n2)c1. The smallest absolute Gasteiger partial charge is 0.161 e. The molecule has 8 nitrogen and oxygen atoms in total. The summed E-state index contributed by atoms with van der Waals surface area (Å²) < 4.78 is 0. The molecule has 0 aromatic carbocycles. The van der Waals surface area contributed by atoms with Crippen molar-refractivity contribution in [2.75, 3.05) is 5.32 Å². The molecule has 0 saturated carbocycles. The average molecular weight is 493 g/mol. The lowest BCUT2D eigenvalue weighted by Crippen LogP contribution is -2.02. The number of aromatic nitrogens is 7. The lowest BCUT2D eigenvalue weighted by Gasteiger charge is -2.12. The number of anilines is 1. The van der Waals surface area contributed by atoms with Crippen molar-refractivity contribution in [3.05, 3.63) is 72.6 Å². The molecule has 6 aromatic heterocycles. The number of pyridine rings is 3. The third kappa shape index (κ3) is 4.14. The molecule has 0 atom stereocenters. The van der Waals surface area contributed by atoms with E-state index < -0.39 is 0 Å². The van der Waals surface area contributed by atoms with Gasteiger partial charge in [0.15, 0.2) is 11.5 Å². The van der Waals surface area contributed by atoms with Crippen molar-refractivity contribution in [2.45, 2.75) is 20.3 Å². The third-order valence-corrected chi connectivity index (χ3v) is 6.67. The van der Waals surface area contributed by atoms with Gasteiger partial charge in [0.2, 0.25) is 0 Å². The van der Waals surface area contributed by atoms with E-state index in [0.717, 1.165) is 61.7 Å². The lowest BCUT2D eigenvalue weighted by atomic mass is 10.1. The van der Waals surface area contributed by atoms with E-state index in [4.69, 9.17) is 9.97 Å². The first-order valence-corrected chi connectivity index (χ1v) is 12.6. The number of imidazole rings is 1. The molecule has 0 aliphatic heterocycles. The van der Waals surface area contributed by atoms with Crippen LogP contribution in [0.5, 0.6) is 0 Å². The highest BCUT2D eigenvalue weighted by atomic mass is 32.1. The number of hydrogen-bond acceptors (Lipinski definition) is 7. The van der Waals surface area contributed by atoms with Crippen LogP contribution >= 0.6 is 11.3 Å². The van der Waals surface area contributed by atoms with Crippen LogP contribution in [0.1, 0.15) is 20.3 Å². The van der Waals surface area contributed by atoms with Gasteiger partial charge in [-0.15, -0.1) is 11.3 Å². The van der Waals surface area contributed by atoms with Crippen LogP contribution in [0.4, 0.5) is 5.69 Å². The molecule has 6 rings (SSSR count). The summed E-state index contributed by atoms with van der Waals surface area (Å²) in [7, 11) is 0. The van der Waals surface area contributed by atoms with Crippen molar-refractivity contribution in [2.24, 2.45) is 5.92 Å². The van der Waals surface area contributed by atoms with Crippen LogP contribution in [-0.4, -0.2) is 35.1 Å². The normalized spacial score (nSPS) is 11.5. The second-order valence-electron chi connectivity index (χ2n) is 9.07. The van der Waals surface area contributed by atoms with Gasteiger partial charge in [0.1, 0.15) is 16.7 Å². The van der Waals surface area contributed by atoms with Crippen LogP contribution < -0.4 is 5.32 Å². The van der Waals surface area contributed by atoms with Crippen molar-refractivity contribution < 1.29 is 0 Å². The predicted molar refractivity (Wildman–Crippen MR) is 146 cm³/mol. The topological polar surface area (TPSA) is 108 Å². The Bertz CT molecular complexity index is 1690. The zero-order valence-electron chi connectivity index (χ0n) is 19.9. The van der Waals surface area contributed by atoms with Gasteiger partial charge in [0.25, 0.3) is 0 Å². The van der Waals surface area contributed by atoms with E-state index in [9.17, 15) is 0 Å². The van der Waals surface area contributed by atoms with Crippen molar-refractivity contribution >= 4 is 39.1 Å². The van der Waals surface area contributed by atoms with E-state index in [1.807, 2.05) is 48.0 Å². The standard InChI is InChI=1S/C27H24N8S/c1-15(2)11-16(3)30-18-12-17(13-28-14-18)19-6-7-21-24(31-19)26(35-34-21)27-32-20-8-9-29-25(23(20)33-27)22-5-4-10-36-22/h4-10,12-15,30H,3,11H2,1-2H3,(H,32,33)(H,34,35). The fourth-order valence-electron chi connectivity index (χ4n) is 4.26. The first-order chi connectivity index (χ1) is 17.5. The van der Waals surface area contributed by atoms with Crippen LogP contribution in [0, 0.1) is 5.92 Å². The Balaban J connectivity index is 1.38. The number of thiophene rings is 1. The molecule has 0 amide bonds. The van der Waals surface area contributed by atoms with Crippen LogP contribution in [0.3, 0.4) is 0 Å². The molecule has 0 aliphatic rings. The largest absolute Gasteiger partial charge is 0.358 e. The van der Waals surface area contributed by atoms with Gasteiger partial charge in [-0.3, -0.25) is 15.1 Å². The van der Waals surface area contributed by atoms with E-state index in [2.05, 4.69) is 50.9 Å². The summed E-state index contributed by atoms with van der Waals surface area (Å²) in [6.07, 6.45) is 6.30. The molecule has 0 spiro atoms. The molecule has 6 heterocycles. The zero-order valence-corrected chi connectivity index (χ0v) is 20.7. The van der Waals surface area contributed by atoms with Gasteiger partial charge in [0, 0.05) is 23.7 Å². The van der Waals surface area contributed by atoms with E-state index in [0.29, 0.717) is 17.4 Å². The number of nitrogens with one attached hydrogen (secondary N) is 3. The number of allylic oxidation sites excluding steroid dienone is 1. The zero-order chi connectivity index (χ0) is 24.6. The molecular weight excluding hydrogens is 468 g/mol. The molecular formula is C27H24N8S. The first-order valence-electron chi connectivity index (χ1n) is 11.7. The Morgan fingerprint density at radius 3 is 2.78 bits per heavy atom. The van der Waals surface area contributed by atoms with Gasteiger partial charge in [-0.05, 0) is 48.1 Å². The molecule has 9 heteroatoms. The highest BCUT2D eigenvalue weighted by molar-refractivity contribution is 7.13. The van der Waals surface area contributed by atoms with Gasteiger partial charge >= 0.3 is 0 Å². The Hall–Kier alpha value is -4.37. The molecule has 178 valence electrons. The Labute approximate surface area is 211 Å². The Kier molecular flexibility index (Phi) is 5.54. The van der Waals surface area contributed by atoms with Gasteiger partial charge < -0.3 is 10.3 Å². The first kappa shape index (κ1) is 22.1. The second kappa shape index (κ2) is 9.01. The van der Waals surface area contributed by atoms with Gasteiger partial charge in [-0.2, -0.15) is 5.10 Å². The average Bonchev–Trinajstić information content (AvgIpc) is 3.62. The van der Waals surface area contributed by atoms with E-state index in [1.165, 1.54) is 0 Å². The summed E-state index contributed by atoms with van der Waals surface area (Å²) in [6.45, 7) is 8.47. The highest BCUT2D eigenvalue weighted by Gasteiger charge is 2.17. The molecule has 0 aliphatic carbocycles. The van der Waals surface area contributed by atoms with Crippen molar-refractivity contribution in [1.82, 2.24) is 35.1 Å². The fourth-order valence-corrected chi connectivity index (χ4v) is 4.98. The molecule has 6 aromatic rings. The van der Waals surface area contributed by atoms with Gasteiger partial charge in [-0.1, -0.05) is 26.5 Å². The highest BCUT2D eigenvalue weighted by Crippen LogP contribution is 2.32. The minimum atomic E-state index is 0.528. The van der Waals surface area contributed by atoms with E-state index in [-0.39, 0.29) is 0 Å². The maximum atomic E-state index is 4.94. The maximum Gasteiger partial charge on any atom is 0.161 e. The minimum absolute atomic E-state index is 0.528. The molecule has 3 N–H and O–H groups in total. The maximum absolute atomic E-state index is 4.94. The number of hydrogen-bond donors (Lipinski definition) is 3. The second-order valence-corrected chi connectivity index (χ2v) is 10.0. The summed E-state index contributed by atoms with van der Waals surface area (Å²) in [5.41, 5.74) is 8.35.